The van der Waals surface area contributed by atoms with Crippen LogP contribution in [0.5, 0.6) is 0 Å². The van der Waals surface area contributed by atoms with E-state index in [2.05, 4.69) is 20.6 Å². The summed E-state index contributed by atoms with van der Waals surface area (Å²) in [5, 5.41) is 6.12. The number of nitrogens with one attached hydrogen (secondary N) is 2. The number of rotatable bonds is 6. The first-order valence-electron chi connectivity index (χ1n) is 7.22. The average molecular weight is 282 g/mol. The van der Waals surface area contributed by atoms with Crippen LogP contribution in [0.1, 0.15) is 19.3 Å². The van der Waals surface area contributed by atoms with Gasteiger partial charge in [0.15, 0.2) is 5.82 Å². The van der Waals surface area contributed by atoms with Crippen LogP contribution < -0.4 is 10.6 Å². The van der Waals surface area contributed by atoms with Crippen molar-refractivity contribution in [3.05, 3.63) is 42.7 Å². The maximum atomic E-state index is 11.8. The third-order valence-electron chi connectivity index (χ3n) is 3.33. The number of carbonyl (C=O) groups is 1. The highest BCUT2D eigenvalue weighted by atomic mass is 16.1. The average Bonchev–Trinajstić information content (AvgIpc) is 3.33. The lowest BCUT2D eigenvalue weighted by Gasteiger charge is -2.06. The second kappa shape index (κ2) is 6.45. The molecule has 1 amide bonds. The summed E-state index contributed by atoms with van der Waals surface area (Å²) < 4.78 is 0. The van der Waals surface area contributed by atoms with Crippen LogP contribution >= 0.6 is 0 Å². The lowest BCUT2D eigenvalue weighted by Crippen LogP contribution is -2.23. The van der Waals surface area contributed by atoms with Crippen molar-refractivity contribution in [2.24, 2.45) is 0 Å². The SMILES string of the molecule is O=C(CCNC1CC1)Nc1cnc(-c2ccccc2)nc1. The minimum Gasteiger partial charge on any atom is -0.323 e. The van der Waals surface area contributed by atoms with E-state index >= 15 is 0 Å². The van der Waals surface area contributed by atoms with Crippen LogP contribution in [0.2, 0.25) is 0 Å². The van der Waals surface area contributed by atoms with Gasteiger partial charge < -0.3 is 10.6 Å². The number of carbonyl (C=O) groups excluding carboxylic acids is 1. The molecular weight excluding hydrogens is 264 g/mol. The number of hydrogen-bond acceptors (Lipinski definition) is 4. The van der Waals surface area contributed by atoms with Crippen molar-refractivity contribution >= 4 is 11.6 Å². The van der Waals surface area contributed by atoms with Gasteiger partial charge in [0.2, 0.25) is 5.91 Å². The number of anilines is 1. The van der Waals surface area contributed by atoms with Crippen molar-refractivity contribution in [1.29, 1.82) is 0 Å². The summed E-state index contributed by atoms with van der Waals surface area (Å²) in [4.78, 5) is 20.3. The van der Waals surface area contributed by atoms with Crippen molar-refractivity contribution in [1.82, 2.24) is 15.3 Å². The number of amides is 1. The Morgan fingerprint density at radius 3 is 2.52 bits per heavy atom. The zero-order valence-corrected chi connectivity index (χ0v) is 11.7. The quantitative estimate of drug-likeness (QED) is 0.852. The third-order valence-corrected chi connectivity index (χ3v) is 3.33. The number of hydrogen-bond donors (Lipinski definition) is 2. The minimum atomic E-state index is -0.0146. The molecule has 5 nitrogen and oxygen atoms in total. The van der Waals surface area contributed by atoms with E-state index in [0.717, 1.165) is 12.1 Å². The number of aromatic nitrogens is 2. The fraction of sp³-hybridized carbons (Fsp3) is 0.312. The lowest BCUT2D eigenvalue weighted by molar-refractivity contribution is -0.116. The van der Waals surface area contributed by atoms with Crippen LogP contribution in [0.3, 0.4) is 0 Å². The molecule has 1 fully saturated rings. The van der Waals surface area contributed by atoms with Crippen molar-refractivity contribution in [3.8, 4) is 11.4 Å². The highest BCUT2D eigenvalue weighted by molar-refractivity contribution is 5.90. The fourth-order valence-electron chi connectivity index (χ4n) is 2.03. The molecule has 21 heavy (non-hydrogen) atoms. The van der Waals surface area contributed by atoms with Crippen molar-refractivity contribution < 1.29 is 4.79 Å². The van der Waals surface area contributed by atoms with E-state index < -0.39 is 0 Å². The molecule has 1 aromatic carbocycles. The van der Waals surface area contributed by atoms with Crippen LogP contribution in [-0.2, 0) is 4.79 Å². The molecule has 1 aromatic heterocycles. The first-order chi connectivity index (χ1) is 10.3. The van der Waals surface area contributed by atoms with Crippen LogP contribution in [0.4, 0.5) is 5.69 Å². The van der Waals surface area contributed by atoms with Gasteiger partial charge in [-0.25, -0.2) is 9.97 Å². The van der Waals surface area contributed by atoms with E-state index in [-0.39, 0.29) is 5.91 Å². The highest BCUT2D eigenvalue weighted by Gasteiger charge is 2.20. The standard InChI is InChI=1S/C16H18N4O/c21-15(8-9-17-13-6-7-13)20-14-10-18-16(19-11-14)12-4-2-1-3-5-12/h1-5,10-11,13,17H,6-9H2,(H,20,21). The molecule has 3 rings (SSSR count). The summed E-state index contributed by atoms with van der Waals surface area (Å²) >= 11 is 0. The molecule has 0 bridgehead atoms. The predicted molar refractivity (Wildman–Crippen MR) is 81.7 cm³/mol. The summed E-state index contributed by atoms with van der Waals surface area (Å²) in [6.07, 6.45) is 6.22. The number of benzene rings is 1. The Morgan fingerprint density at radius 2 is 1.86 bits per heavy atom. The van der Waals surface area contributed by atoms with E-state index in [1.54, 1.807) is 12.4 Å². The lowest BCUT2D eigenvalue weighted by atomic mass is 10.2. The first-order valence-corrected chi connectivity index (χ1v) is 7.22. The Bertz CT molecular complexity index is 593. The third kappa shape index (κ3) is 4.10. The molecule has 1 aliphatic rings. The second-order valence-corrected chi connectivity index (χ2v) is 5.19. The molecule has 1 heterocycles. The molecule has 0 saturated heterocycles. The van der Waals surface area contributed by atoms with Gasteiger partial charge >= 0.3 is 0 Å². The van der Waals surface area contributed by atoms with E-state index in [1.807, 2.05) is 30.3 Å². The zero-order valence-electron chi connectivity index (χ0n) is 11.7. The van der Waals surface area contributed by atoms with Crippen LogP contribution in [-0.4, -0.2) is 28.5 Å². The minimum absolute atomic E-state index is 0.0146. The first kappa shape index (κ1) is 13.7. The van der Waals surface area contributed by atoms with Gasteiger partial charge in [-0.2, -0.15) is 0 Å². The Balaban J connectivity index is 1.52. The van der Waals surface area contributed by atoms with Crippen molar-refractivity contribution in [3.63, 3.8) is 0 Å². The van der Waals surface area contributed by atoms with Gasteiger partial charge in [0.1, 0.15) is 0 Å². The Labute approximate surface area is 123 Å². The van der Waals surface area contributed by atoms with E-state index in [4.69, 9.17) is 0 Å². The monoisotopic (exact) mass is 282 g/mol. The predicted octanol–water partition coefficient (Wildman–Crippen LogP) is 2.22. The summed E-state index contributed by atoms with van der Waals surface area (Å²) in [5.41, 5.74) is 1.59. The summed E-state index contributed by atoms with van der Waals surface area (Å²) in [6.45, 7) is 0.722. The van der Waals surface area contributed by atoms with Crippen molar-refractivity contribution in [2.75, 3.05) is 11.9 Å². The van der Waals surface area contributed by atoms with Gasteiger partial charge in [0, 0.05) is 24.6 Å². The van der Waals surface area contributed by atoms with Crippen LogP contribution in [0.25, 0.3) is 11.4 Å². The van der Waals surface area contributed by atoms with Gasteiger partial charge in [-0.15, -0.1) is 0 Å². The Morgan fingerprint density at radius 1 is 1.14 bits per heavy atom. The van der Waals surface area contributed by atoms with Crippen LogP contribution in [0, 0.1) is 0 Å². The largest absolute Gasteiger partial charge is 0.323 e. The maximum absolute atomic E-state index is 11.8. The molecule has 0 radical (unpaired) electrons. The molecule has 0 unspecified atom stereocenters. The summed E-state index contributed by atoms with van der Waals surface area (Å²) in [6, 6.07) is 10.4. The molecule has 0 atom stereocenters. The molecule has 5 heteroatoms. The molecule has 1 saturated carbocycles. The Kier molecular flexibility index (Phi) is 4.21. The van der Waals surface area contributed by atoms with Gasteiger partial charge in [-0.05, 0) is 12.8 Å². The molecule has 108 valence electrons. The van der Waals surface area contributed by atoms with Gasteiger partial charge in [0.05, 0.1) is 18.1 Å². The van der Waals surface area contributed by atoms with Crippen LogP contribution in [0.15, 0.2) is 42.7 Å². The summed E-state index contributed by atoms with van der Waals surface area (Å²) in [5.74, 6) is 0.642. The topological polar surface area (TPSA) is 66.9 Å². The zero-order chi connectivity index (χ0) is 14.5. The molecular formula is C16H18N4O. The fourth-order valence-corrected chi connectivity index (χ4v) is 2.03. The molecule has 2 N–H and O–H groups in total. The van der Waals surface area contributed by atoms with E-state index in [0.29, 0.717) is 24.0 Å². The van der Waals surface area contributed by atoms with Gasteiger partial charge in [-0.1, -0.05) is 30.3 Å². The second-order valence-electron chi connectivity index (χ2n) is 5.19. The van der Waals surface area contributed by atoms with Gasteiger partial charge in [0.25, 0.3) is 0 Å². The summed E-state index contributed by atoms with van der Waals surface area (Å²) in [7, 11) is 0. The van der Waals surface area contributed by atoms with Gasteiger partial charge in [-0.3, -0.25) is 4.79 Å². The molecule has 2 aromatic rings. The molecule has 0 aliphatic heterocycles. The molecule has 1 aliphatic carbocycles. The Hall–Kier alpha value is -2.27. The normalized spacial score (nSPS) is 13.9. The van der Waals surface area contributed by atoms with E-state index in [1.165, 1.54) is 12.8 Å². The van der Waals surface area contributed by atoms with Crippen molar-refractivity contribution in [2.45, 2.75) is 25.3 Å². The smallest absolute Gasteiger partial charge is 0.225 e. The molecule has 0 spiro atoms. The highest BCUT2D eigenvalue weighted by Crippen LogP contribution is 2.18. The number of nitrogens with zero attached hydrogens (tertiary/aromatic N) is 2. The van der Waals surface area contributed by atoms with E-state index in [9.17, 15) is 4.79 Å². The maximum Gasteiger partial charge on any atom is 0.225 e.